The Labute approximate surface area is 149 Å². The number of nitrogens with zero attached hydrogens (tertiary/aromatic N) is 1. The SMILES string of the molecule is CCCCOC(=O)Nc1nc(C)c(OCc2ccccc2)c(C)c1C. The van der Waals surface area contributed by atoms with E-state index in [4.69, 9.17) is 9.47 Å². The Balaban J connectivity index is 2.08. The van der Waals surface area contributed by atoms with Gasteiger partial charge in [-0.2, -0.15) is 0 Å². The highest BCUT2D eigenvalue weighted by Crippen LogP contribution is 2.29. The van der Waals surface area contributed by atoms with Crippen LogP contribution in [0.4, 0.5) is 10.6 Å². The number of aryl methyl sites for hydroxylation is 1. The van der Waals surface area contributed by atoms with Crippen LogP contribution in [0.15, 0.2) is 30.3 Å². The van der Waals surface area contributed by atoms with Gasteiger partial charge in [0.1, 0.15) is 18.2 Å². The van der Waals surface area contributed by atoms with Crippen LogP contribution in [-0.4, -0.2) is 17.7 Å². The molecule has 1 aromatic carbocycles. The van der Waals surface area contributed by atoms with E-state index in [1.807, 2.05) is 58.0 Å². The van der Waals surface area contributed by atoms with Crippen molar-refractivity contribution in [2.24, 2.45) is 0 Å². The van der Waals surface area contributed by atoms with Crippen molar-refractivity contribution >= 4 is 11.9 Å². The molecule has 0 bridgehead atoms. The van der Waals surface area contributed by atoms with Crippen LogP contribution < -0.4 is 10.1 Å². The van der Waals surface area contributed by atoms with Crippen molar-refractivity contribution in [3.63, 3.8) is 0 Å². The second-order valence-corrected chi connectivity index (χ2v) is 6.01. The van der Waals surface area contributed by atoms with Crippen LogP contribution >= 0.6 is 0 Å². The van der Waals surface area contributed by atoms with Crippen LogP contribution in [0.25, 0.3) is 0 Å². The van der Waals surface area contributed by atoms with Crippen LogP contribution in [0.1, 0.15) is 42.1 Å². The fourth-order valence-electron chi connectivity index (χ4n) is 2.43. The largest absolute Gasteiger partial charge is 0.487 e. The predicted molar refractivity (Wildman–Crippen MR) is 99.1 cm³/mol. The van der Waals surface area contributed by atoms with Gasteiger partial charge in [0.2, 0.25) is 0 Å². The number of hydrogen-bond acceptors (Lipinski definition) is 4. The minimum absolute atomic E-state index is 0.414. The molecule has 0 radical (unpaired) electrons. The van der Waals surface area contributed by atoms with Gasteiger partial charge in [-0.15, -0.1) is 0 Å². The zero-order valence-electron chi connectivity index (χ0n) is 15.4. The second kappa shape index (κ2) is 9.06. The molecule has 1 amide bonds. The van der Waals surface area contributed by atoms with Gasteiger partial charge >= 0.3 is 6.09 Å². The third-order valence-corrected chi connectivity index (χ3v) is 4.04. The maximum Gasteiger partial charge on any atom is 0.412 e. The molecule has 5 nitrogen and oxygen atoms in total. The van der Waals surface area contributed by atoms with Crippen LogP contribution in [0.3, 0.4) is 0 Å². The molecule has 0 saturated carbocycles. The lowest BCUT2D eigenvalue weighted by atomic mass is 10.1. The molecule has 2 aromatic rings. The maximum atomic E-state index is 11.9. The molecule has 1 heterocycles. The summed E-state index contributed by atoms with van der Waals surface area (Å²) in [5.74, 6) is 1.27. The summed E-state index contributed by atoms with van der Waals surface area (Å²) < 4.78 is 11.1. The predicted octanol–water partition coefficient (Wildman–Crippen LogP) is 4.93. The monoisotopic (exact) mass is 342 g/mol. The number of aromatic nitrogens is 1. The van der Waals surface area contributed by atoms with E-state index in [9.17, 15) is 4.79 Å². The van der Waals surface area contributed by atoms with Crippen LogP contribution in [0.2, 0.25) is 0 Å². The molecular formula is C20H26N2O3. The van der Waals surface area contributed by atoms with Crippen molar-refractivity contribution in [1.29, 1.82) is 0 Å². The summed E-state index contributed by atoms with van der Waals surface area (Å²) in [7, 11) is 0. The third-order valence-electron chi connectivity index (χ3n) is 4.04. The van der Waals surface area contributed by atoms with Crippen LogP contribution in [-0.2, 0) is 11.3 Å². The Morgan fingerprint density at radius 2 is 1.84 bits per heavy atom. The first-order chi connectivity index (χ1) is 12.0. The van der Waals surface area contributed by atoms with Crippen LogP contribution in [0, 0.1) is 20.8 Å². The normalized spacial score (nSPS) is 10.4. The van der Waals surface area contributed by atoms with E-state index in [2.05, 4.69) is 10.3 Å². The number of pyridine rings is 1. The maximum absolute atomic E-state index is 11.9. The van der Waals surface area contributed by atoms with Gasteiger partial charge in [-0.3, -0.25) is 5.32 Å². The second-order valence-electron chi connectivity index (χ2n) is 6.01. The molecule has 1 N–H and O–H groups in total. The highest BCUT2D eigenvalue weighted by molar-refractivity contribution is 5.84. The van der Waals surface area contributed by atoms with Crippen molar-refractivity contribution in [3.8, 4) is 5.75 Å². The molecule has 2 rings (SSSR count). The Hall–Kier alpha value is -2.56. The standard InChI is InChI=1S/C20H26N2O3/c1-5-6-12-24-20(23)22-19-15(3)14(2)18(16(4)21-19)25-13-17-10-8-7-9-11-17/h7-11H,5-6,12-13H2,1-4H3,(H,21,22,23). The summed E-state index contributed by atoms with van der Waals surface area (Å²) in [5.41, 5.74) is 3.68. The molecule has 0 unspecified atom stereocenters. The van der Waals surface area contributed by atoms with Gasteiger partial charge < -0.3 is 9.47 Å². The van der Waals surface area contributed by atoms with Gasteiger partial charge in [-0.25, -0.2) is 9.78 Å². The minimum atomic E-state index is -0.471. The minimum Gasteiger partial charge on any atom is -0.487 e. The van der Waals surface area contributed by atoms with Crippen molar-refractivity contribution < 1.29 is 14.3 Å². The lowest BCUT2D eigenvalue weighted by Crippen LogP contribution is -2.17. The van der Waals surface area contributed by atoms with Crippen molar-refractivity contribution in [2.75, 3.05) is 11.9 Å². The highest BCUT2D eigenvalue weighted by Gasteiger charge is 2.15. The van der Waals surface area contributed by atoms with E-state index in [0.29, 0.717) is 19.0 Å². The summed E-state index contributed by atoms with van der Waals surface area (Å²) in [4.78, 5) is 16.3. The smallest absolute Gasteiger partial charge is 0.412 e. The summed E-state index contributed by atoms with van der Waals surface area (Å²) in [6.07, 6.45) is 1.36. The highest BCUT2D eigenvalue weighted by atomic mass is 16.5. The fraction of sp³-hybridized carbons (Fsp3) is 0.400. The summed E-state index contributed by atoms with van der Waals surface area (Å²) in [6.45, 7) is 8.71. The Bertz CT molecular complexity index is 715. The van der Waals surface area contributed by atoms with E-state index < -0.39 is 6.09 Å². The molecule has 0 aliphatic heterocycles. The number of carbonyl (C=O) groups excluding carboxylic acids is 1. The number of amides is 1. The molecule has 0 aliphatic rings. The third kappa shape index (κ3) is 5.21. The van der Waals surface area contributed by atoms with Crippen molar-refractivity contribution in [2.45, 2.75) is 47.1 Å². The number of benzene rings is 1. The average molecular weight is 342 g/mol. The lowest BCUT2D eigenvalue weighted by molar-refractivity contribution is 0.159. The van der Waals surface area contributed by atoms with Crippen molar-refractivity contribution in [3.05, 3.63) is 52.7 Å². The quantitative estimate of drug-likeness (QED) is 0.724. The number of carbonyl (C=O) groups is 1. The summed E-state index contributed by atoms with van der Waals surface area (Å²) in [6, 6.07) is 9.99. The van der Waals surface area contributed by atoms with E-state index in [-0.39, 0.29) is 0 Å². The number of unbranched alkanes of at least 4 members (excludes halogenated alkanes) is 1. The van der Waals surface area contributed by atoms with Gasteiger partial charge in [0.15, 0.2) is 0 Å². The van der Waals surface area contributed by atoms with Crippen LogP contribution in [0.5, 0.6) is 5.75 Å². The molecule has 0 saturated heterocycles. The van der Waals surface area contributed by atoms with Gasteiger partial charge in [0.05, 0.1) is 12.3 Å². The van der Waals surface area contributed by atoms with Gasteiger partial charge in [0.25, 0.3) is 0 Å². The lowest BCUT2D eigenvalue weighted by Gasteiger charge is -2.17. The Kier molecular flexibility index (Phi) is 6.81. The van der Waals surface area contributed by atoms with E-state index in [1.54, 1.807) is 0 Å². The molecule has 0 aliphatic carbocycles. The first-order valence-electron chi connectivity index (χ1n) is 8.61. The van der Waals surface area contributed by atoms with Gasteiger partial charge in [0, 0.05) is 0 Å². The molecule has 1 aromatic heterocycles. The van der Waals surface area contributed by atoms with Gasteiger partial charge in [-0.1, -0.05) is 43.7 Å². The molecule has 5 heteroatoms. The molecule has 134 valence electrons. The zero-order valence-corrected chi connectivity index (χ0v) is 15.4. The molecule has 25 heavy (non-hydrogen) atoms. The number of rotatable bonds is 7. The van der Waals surface area contributed by atoms with E-state index >= 15 is 0 Å². The first-order valence-corrected chi connectivity index (χ1v) is 8.61. The Morgan fingerprint density at radius 3 is 2.52 bits per heavy atom. The number of anilines is 1. The molecule has 0 atom stereocenters. The van der Waals surface area contributed by atoms with E-state index in [0.717, 1.165) is 41.0 Å². The average Bonchev–Trinajstić information content (AvgIpc) is 2.60. The summed E-state index contributed by atoms with van der Waals surface area (Å²) >= 11 is 0. The number of ether oxygens (including phenoxy) is 2. The molecule has 0 fully saturated rings. The number of nitrogens with one attached hydrogen (secondary N) is 1. The first kappa shape index (κ1) is 18.8. The zero-order chi connectivity index (χ0) is 18.2. The fourth-order valence-corrected chi connectivity index (χ4v) is 2.43. The van der Waals surface area contributed by atoms with Gasteiger partial charge in [-0.05, 0) is 43.9 Å². The van der Waals surface area contributed by atoms with E-state index in [1.165, 1.54) is 0 Å². The topological polar surface area (TPSA) is 60.5 Å². The Morgan fingerprint density at radius 1 is 1.12 bits per heavy atom. The molecular weight excluding hydrogens is 316 g/mol. The molecule has 0 spiro atoms. The summed E-state index contributed by atoms with van der Waals surface area (Å²) in [5, 5.41) is 2.72. The number of hydrogen-bond donors (Lipinski definition) is 1. The van der Waals surface area contributed by atoms with Crippen molar-refractivity contribution in [1.82, 2.24) is 4.98 Å².